The van der Waals surface area contributed by atoms with E-state index >= 15 is 0 Å². The monoisotopic (exact) mass is 254 g/mol. The smallest absolute Gasteiger partial charge is 0.0707 e. The van der Waals surface area contributed by atoms with Crippen LogP contribution in [0.1, 0.15) is 39.0 Å². The zero-order valence-corrected chi connectivity index (χ0v) is 12.2. The van der Waals surface area contributed by atoms with E-state index in [1.54, 1.807) is 0 Å². The lowest BCUT2D eigenvalue weighted by molar-refractivity contribution is 0.0279. The van der Waals surface area contributed by atoms with Crippen LogP contribution < -0.4 is 5.32 Å². The van der Waals surface area contributed by atoms with Gasteiger partial charge in [-0.2, -0.15) is 0 Å². The molecule has 0 aromatic rings. The predicted molar refractivity (Wildman–Crippen MR) is 78.0 cm³/mol. The molecule has 1 aliphatic rings. The van der Waals surface area contributed by atoms with E-state index in [1.165, 1.54) is 25.7 Å². The van der Waals surface area contributed by atoms with Crippen LogP contribution in [0.15, 0.2) is 12.7 Å². The first-order valence-corrected chi connectivity index (χ1v) is 7.41. The number of unbranched alkanes of at least 4 members (excludes halogenated alkanes) is 1. The molecule has 1 heterocycles. The lowest BCUT2D eigenvalue weighted by Gasteiger charge is -2.21. The van der Waals surface area contributed by atoms with Gasteiger partial charge < -0.3 is 15.0 Å². The van der Waals surface area contributed by atoms with Crippen molar-refractivity contribution in [2.45, 2.75) is 51.2 Å². The summed E-state index contributed by atoms with van der Waals surface area (Å²) in [5, 5.41) is 3.44. The molecule has 3 nitrogen and oxygen atoms in total. The van der Waals surface area contributed by atoms with E-state index in [9.17, 15) is 0 Å². The van der Waals surface area contributed by atoms with Crippen LogP contribution >= 0.6 is 0 Å². The minimum absolute atomic E-state index is 0.433. The van der Waals surface area contributed by atoms with Crippen LogP contribution in [0.3, 0.4) is 0 Å². The molecule has 3 heteroatoms. The number of likely N-dealkylation sites (N-methyl/N-ethyl adjacent to an activating group) is 1. The van der Waals surface area contributed by atoms with E-state index in [0.717, 1.165) is 32.6 Å². The summed E-state index contributed by atoms with van der Waals surface area (Å²) in [6, 6.07) is 0. The van der Waals surface area contributed by atoms with Gasteiger partial charge in [0, 0.05) is 13.1 Å². The van der Waals surface area contributed by atoms with Gasteiger partial charge in [0.25, 0.3) is 0 Å². The maximum Gasteiger partial charge on any atom is 0.0707 e. The molecule has 0 amide bonds. The number of nitrogens with zero attached hydrogens (tertiary/aromatic N) is 1. The predicted octanol–water partition coefficient (Wildman–Crippen LogP) is 2.43. The van der Waals surface area contributed by atoms with Crippen molar-refractivity contribution in [3.8, 4) is 0 Å². The highest BCUT2D eigenvalue weighted by Crippen LogP contribution is 2.19. The second-order valence-corrected chi connectivity index (χ2v) is 5.35. The Bertz CT molecular complexity index is 221. The fraction of sp³-hybridized carbons (Fsp3) is 0.867. The fourth-order valence-corrected chi connectivity index (χ4v) is 2.45. The van der Waals surface area contributed by atoms with Crippen LogP contribution in [0.2, 0.25) is 0 Å². The second kappa shape index (κ2) is 9.54. The molecule has 1 N–H and O–H groups in total. The SMILES string of the molecule is C=CCCCN(C)CC1CCC(CNCCC)O1. The van der Waals surface area contributed by atoms with E-state index in [2.05, 4.69) is 30.8 Å². The molecule has 106 valence electrons. The van der Waals surface area contributed by atoms with Crippen molar-refractivity contribution in [3.05, 3.63) is 12.7 Å². The standard InChI is InChI=1S/C15H30N2O/c1-4-6-7-11-17(3)13-15-9-8-14(18-15)12-16-10-5-2/h4,14-16H,1,5-13H2,2-3H3. The highest BCUT2D eigenvalue weighted by Gasteiger charge is 2.25. The molecule has 0 radical (unpaired) electrons. The summed E-state index contributed by atoms with van der Waals surface area (Å²) in [6.45, 7) is 10.3. The van der Waals surface area contributed by atoms with Gasteiger partial charge in [-0.25, -0.2) is 0 Å². The van der Waals surface area contributed by atoms with Crippen LogP contribution in [-0.2, 0) is 4.74 Å². The van der Waals surface area contributed by atoms with Gasteiger partial charge in [0.2, 0.25) is 0 Å². The molecule has 18 heavy (non-hydrogen) atoms. The van der Waals surface area contributed by atoms with E-state index < -0.39 is 0 Å². The van der Waals surface area contributed by atoms with Crippen molar-refractivity contribution in [2.75, 3.05) is 33.2 Å². The summed E-state index contributed by atoms with van der Waals surface area (Å²) in [4.78, 5) is 2.38. The van der Waals surface area contributed by atoms with Gasteiger partial charge in [-0.1, -0.05) is 13.0 Å². The largest absolute Gasteiger partial charge is 0.372 e. The number of hydrogen-bond donors (Lipinski definition) is 1. The average Bonchev–Trinajstić information content (AvgIpc) is 2.77. The second-order valence-electron chi connectivity index (χ2n) is 5.35. The highest BCUT2D eigenvalue weighted by atomic mass is 16.5. The fourth-order valence-electron chi connectivity index (χ4n) is 2.45. The molecule has 1 saturated heterocycles. The highest BCUT2D eigenvalue weighted by molar-refractivity contribution is 4.77. The van der Waals surface area contributed by atoms with Crippen LogP contribution in [0.25, 0.3) is 0 Å². The van der Waals surface area contributed by atoms with Crippen molar-refractivity contribution < 1.29 is 4.74 Å². The third-order valence-corrected chi connectivity index (χ3v) is 3.46. The van der Waals surface area contributed by atoms with Crippen LogP contribution in [0.5, 0.6) is 0 Å². The van der Waals surface area contributed by atoms with Crippen molar-refractivity contribution in [3.63, 3.8) is 0 Å². The summed E-state index contributed by atoms with van der Waals surface area (Å²) in [6.07, 6.45) is 8.80. The molecule has 0 bridgehead atoms. The van der Waals surface area contributed by atoms with Crippen molar-refractivity contribution in [2.24, 2.45) is 0 Å². The third kappa shape index (κ3) is 6.53. The number of rotatable bonds is 10. The Morgan fingerprint density at radius 2 is 2.17 bits per heavy atom. The van der Waals surface area contributed by atoms with E-state index in [4.69, 9.17) is 4.74 Å². The summed E-state index contributed by atoms with van der Waals surface area (Å²) in [5.74, 6) is 0. The Morgan fingerprint density at radius 1 is 1.39 bits per heavy atom. The summed E-state index contributed by atoms with van der Waals surface area (Å²) >= 11 is 0. The zero-order valence-electron chi connectivity index (χ0n) is 12.2. The lowest BCUT2D eigenvalue weighted by atomic mass is 10.2. The topological polar surface area (TPSA) is 24.5 Å². The van der Waals surface area contributed by atoms with E-state index in [0.29, 0.717) is 12.2 Å². The van der Waals surface area contributed by atoms with Gasteiger partial charge >= 0.3 is 0 Å². The molecule has 2 atom stereocenters. The van der Waals surface area contributed by atoms with Gasteiger partial charge in [-0.05, 0) is 52.2 Å². The summed E-state index contributed by atoms with van der Waals surface area (Å²) in [7, 11) is 2.19. The molecule has 1 rings (SSSR count). The Hall–Kier alpha value is -0.380. The molecule has 0 spiro atoms. The normalized spacial score (nSPS) is 23.7. The maximum absolute atomic E-state index is 6.06. The Balaban J connectivity index is 2.07. The Morgan fingerprint density at radius 3 is 2.89 bits per heavy atom. The van der Waals surface area contributed by atoms with Gasteiger partial charge in [0.15, 0.2) is 0 Å². The first kappa shape index (κ1) is 15.7. The van der Waals surface area contributed by atoms with Gasteiger partial charge in [-0.3, -0.25) is 0 Å². The molecule has 0 aliphatic carbocycles. The molecular weight excluding hydrogens is 224 g/mol. The number of ether oxygens (including phenoxy) is 1. The van der Waals surface area contributed by atoms with Crippen LogP contribution in [-0.4, -0.2) is 50.3 Å². The first-order chi connectivity index (χ1) is 8.76. The van der Waals surface area contributed by atoms with Gasteiger partial charge in [-0.15, -0.1) is 6.58 Å². The number of allylic oxidation sites excluding steroid dienone is 1. The molecule has 0 saturated carbocycles. The maximum atomic E-state index is 6.06. The summed E-state index contributed by atoms with van der Waals surface area (Å²) < 4.78 is 6.06. The summed E-state index contributed by atoms with van der Waals surface area (Å²) in [5.41, 5.74) is 0. The number of nitrogens with one attached hydrogen (secondary N) is 1. The zero-order chi connectivity index (χ0) is 13.2. The van der Waals surface area contributed by atoms with Crippen molar-refractivity contribution in [1.29, 1.82) is 0 Å². The number of hydrogen-bond acceptors (Lipinski definition) is 3. The minimum Gasteiger partial charge on any atom is -0.372 e. The van der Waals surface area contributed by atoms with Crippen molar-refractivity contribution >= 4 is 0 Å². The molecule has 0 aromatic heterocycles. The minimum atomic E-state index is 0.433. The van der Waals surface area contributed by atoms with Crippen LogP contribution in [0.4, 0.5) is 0 Å². The molecule has 0 aromatic carbocycles. The van der Waals surface area contributed by atoms with E-state index in [-0.39, 0.29) is 0 Å². The van der Waals surface area contributed by atoms with Gasteiger partial charge in [0.1, 0.15) is 0 Å². The van der Waals surface area contributed by atoms with Crippen molar-refractivity contribution in [1.82, 2.24) is 10.2 Å². The molecule has 2 unspecified atom stereocenters. The third-order valence-electron chi connectivity index (χ3n) is 3.46. The Kier molecular flexibility index (Phi) is 8.31. The Labute approximate surface area is 113 Å². The molecule has 1 fully saturated rings. The first-order valence-electron chi connectivity index (χ1n) is 7.41. The van der Waals surface area contributed by atoms with Crippen LogP contribution in [0, 0.1) is 0 Å². The quantitative estimate of drug-likeness (QED) is 0.479. The van der Waals surface area contributed by atoms with Gasteiger partial charge in [0.05, 0.1) is 12.2 Å². The lowest BCUT2D eigenvalue weighted by Crippen LogP contribution is -2.32. The average molecular weight is 254 g/mol. The molecular formula is C15H30N2O. The molecule has 1 aliphatic heterocycles. The van der Waals surface area contributed by atoms with E-state index in [1.807, 2.05) is 6.08 Å².